The van der Waals surface area contributed by atoms with Gasteiger partial charge in [-0.05, 0) is 47.9 Å². The molecule has 0 saturated heterocycles. The number of methoxy groups -OCH3 is 2. The molecule has 0 aliphatic carbocycles. The normalized spacial score (nSPS) is 11.1. The molecule has 1 aromatic heterocycles. The maximum atomic E-state index is 12.5. The lowest BCUT2D eigenvalue weighted by Gasteiger charge is -2.10. The Bertz CT molecular complexity index is 1260. The molecule has 0 aliphatic heterocycles. The average Bonchev–Trinajstić information content (AvgIpc) is 3.22. The van der Waals surface area contributed by atoms with Crippen molar-refractivity contribution in [3.63, 3.8) is 0 Å². The Labute approximate surface area is 193 Å². The van der Waals surface area contributed by atoms with Crippen LogP contribution in [-0.4, -0.2) is 29.7 Å². The number of fused-ring (bicyclic) bond motifs is 1. The number of aryl methyl sites for hydroxylation is 2. The van der Waals surface area contributed by atoms with Crippen LogP contribution in [0.5, 0.6) is 11.5 Å². The first-order valence-electron chi connectivity index (χ1n) is 10.8. The van der Waals surface area contributed by atoms with Gasteiger partial charge in [-0.1, -0.05) is 48.5 Å². The SMILES string of the molecule is COc1ccc(/C=C/C(=O)NCc2nc3ccccc3n2CCc2ccccc2)cc1OC. The first kappa shape index (κ1) is 22.1. The first-order valence-corrected chi connectivity index (χ1v) is 10.8. The van der Waals surface area contributed by atoms with Crippen molar-refractivity contribution in [3.8, 4) is 11.5 Å². The summed E-state index contributed by atoms with van der Waals surface area (Å²) in [5.74, 6) is 1.91. The molecule has 3 aromatic carbocycles. The highest BCUT2D eigenvalue weighted by Gasteiger charge is 2.11. The van der Waals surface area contributed by atoms with Crippen LogP contribution < -0.4 is 14.8 Å². The first-order chi connectivity index (χ1) is 16.2. The fourth-order valence-corrected chi connectivity index (χ4v) is 3.75. The highest BCUT2D eigenvalue weighted by Crippen LogP contribution is 2.28. The number of nitrogens with one attached hydrogen (secondary N) is 1. The fraction of sp³-hybridized carbons (Fsp3) is 0.185. The Kier molecular flexibility index (Phi) is 7.05. The van der Waals surface area contributed by atoms with Crippen LogP contribution in [0.1, 0.15) is 17.0 Å². The number of carbonyl (C=O) groups excluding carboxylic acids is 1. The van der Waals surface area contributed by atoms with E-state index in [1.54, 1.807) is 20.3 Å². The number of aromatic nitrogens is 2. The number of carbonyl (C=O) groups is 1. The molecule has 0 spiro atoms. The quantitative estimate of drug-likeness (QED) is 0.385. The van der Waals surface area contributed by atoms with Crippen molar-refractivity contribution in [1.82, 2.24) is 14.9 Å². The second-order valence-corrected chi connectivity index (χ2v) is 7.57. The van der Waals surface area contributed by atoms with E-state index in [1.165, 1.54) is 11.6 Å². The summed E-state index contributed by atoms with van der Waals surface area (Å²) < 4.78 is 12.7. The van der Waals surface area contributed by atoms with E-state index in [9.17, 15) is 4.79 Å². The van der Waals surface area contributed by atoms with Crippen molar-refractivity contribution in [3.05, 3.63) is 95.8 Å². The Hall–Kier alpha value is -4.06. The minimum absolute atomic E-state index is 0.188. The second kappa shape index (κ2) is 10.5. The van der Waals surface area contributed by atoms with Crippen molar-refractivity contribution in [1.29, 1.82) is 0 Å². The molecule has 6 nitrogen and oxygen atoms in total. The average molecular weight is 442 g/mol. The van der Waals surface area contributed by atoms with E-state index in [0.717, 1.165) is 35.4 Å². The molecular formula is C27H27N3O3. The topological polar surface area (TPSA) is 65.4 Å². The largest absolute Gasteiger partial charge is 0.493 e. The number of benzene rings is 3. The molecule has 0 bridgehead atoms. The Balaban J connectivity index is 1.45. The lowest BCUT2D eigenvalue weighted by Crippen LogP contribution is -2.23. The van der Waals surface area contributed by atoms with Crippen LogP contribution in [0.3, 0.4) is 0 Å². The summed E-state index contributed by atoms with van der Waals surface area (Å²) in [6.45, 7) is 1.13. The Morgan fingerprint density at radius 2 is 1.73 bits per heavy atom. The monoisotopic (exact) mass is 441 g/mol. The fourth-order valence-electron chi connectivity index (χ4n) is 3.75. The third-order valence-corrected chi connectivity index (χ3v) is 5.46. The van der Waals surface area contributed by atoms with Crippen molar-refractivity contribution in [2.24, 2.45) is 0 Å². The third-order valence-electron chi connectivity index (χ3n) is 5.46. The number of amides is 1. The molecule has 168 valence electrons. The summed E-state index contributed by atoms with van der Waals surface area (Å²) in [4.78, 5) is 17.2. The summed E-state index contributed by atoms with van der Waals surface area (Å²) in [5, 5.41) is 2.95. The molecule has 6 heteroatoms. The zero-order valence-corrected chi connectivity index (χ0v) is 18.8. The summed E-state index contributed by atoms with van der Waals surface area (Å²) in [6, 6.07) is 23.9. The van der Waals surface area contributed by atoms with E-state index in [-0.39, 0.29) is 5.91 Å². The molecule has 1 amide bonds. The lowest BCUT2D eigenvalue weighted by molar-refractivity contribution is -0.116. The van der Waals surface area contributed by atoms with E-state index >= 15 is 0 Å². The number of para-hydroxylation sites is 2. The van der Waals surface area contributed by atoms with Crippen LogP contribution in [0.25, 0.3) is 17.1 Å². The predicted molar refractivity (Wildman–Crippen MR) is 130 cm³/mol. The van der Waals surface area contributed by atoms with E-state index < -0.39 is 0 Å². The molecule has 0 radical (unpaired) electrons. The molecule has 0 aliphatic rings. The van der Waals surface area contributed by atoms with Gasteiger partial charge in [0, 0.05) is 12.6 Å². The predicted octanol–water partition coefficient (Wildman–Crippen LogP) is 4.63. The van der Waals surface area contributed by atoms with Gasteiger partial charge >= 0.3 is 0 Å². The maximum Gasteiger partial charge on any atom is 0.244 e. The second-order valence-electron chi connectivity index (χ2n) is 7.57. The van der Waals surface area contributed by atoms with E-state index in [4.69, 9.17) is 14.5 Å². The smallest absolute Gasteiger partial charge is 0.244 e. The van der Waals surface area contributed by atoms with E-state index in [0.29, 0.717) is 18.0 Å². The highest BCUT2D eigenvalue weighted by atomic mass is 16.5. The standard InChI is InChI=1S/C27H27N3O3/c1-32-24-14-12-21(18-25(24)33-2)13-15-27(31)28-19-26-29-22-10-6-7-11-23(22)30(26)17-16-20-8-4-3-5-9-20/h3-15,18H,16-17,19H2,1-2H3,(H,28,31)/b15-13+. The summed E-state index contributed by atoms with van der Waals surface area (Å²) in [5.41, 5.74) is 4.11. The number of rotatable bonds is 9. The van der Waals surface area contributed by atoms with Gasteiger partial charge in [0.15, 0.2) is 11.5 Å². The van der Waals surface area contributed by atoms with Gasteiger partial charge in [-0.2, -0.15) is 0 Å². The minimum Gasteiger partial charge on any atom is -0.493 e. The number of imidazole rings is 1. The maximum absolute atomic E-state index is 12.5. The van der Waals surface area contributed by atoms with E-state index in [1.807, 2.05) is 54.6 Å². The van der Waals surface area contributed by atoms with Gasteiger partial charge in [0.25, 0.3) is 0 Å². The molecule has 4 rings (SSSR count). The van der Waals surface area contributed by atoms with Gasteiger partial charge in [-0.15, -0.1) is 0 Å². The van der Waals surface area contributed by atoms with Crippen molar-refractivity contribution < 1.29 is 14.3 Å². The molecule has 33 heavy (non-hydrogen) atoms. The molecule has 0 atom stereocenters. The van der Waals surface area contributed by atoms with Crippen LogP contribution >= 0.6 is 0 Å². The molecular weight excluding hydrogens is 414 g/mol. The molecule has 1 heterocycles. The van der Waals surface area contributed by atoms with Crippen LogP contribution in [-0.2, 0) is 24.3 Å². The Morgan fingerprint density at radius 1 is 0.970 bits per heavy atom. The molecule has 1 N–H and O–H groups in total. The summed E-state index contributed by atoms with van der Waals surface area (Å²) in [6.07, 6.45) is 4.15. The molecule has 0 unspecified atom stereocenters. The Morgan fingerprint density at radius 3 is 2.52 bits per heavy atom. The zero-order valence-electron chi connectivity index (χ0n) is 18.8. The van der Waals surface area contributed by atoms with Crippen LogP contribution in [0, 0.1) is 0 Å². The van der Waals surface area contributed by atoms with Gasteiger partial charge in [0.2, 0.25) is 5.91 Å². The van der Waals surface area contributed by atoms with Gasteiger partial charge in [-0.25, -0.2) is 4.98 Å². The summed E-state index contributed by atoms with van der Waals surface area (Å²) >= 11 is 0. The van der Waals surface area contributed by atoms with Gasteiger partial charge < -0.3 is 19.4 Å². The number of nitrogens with zero attached hydrogens (tertiary/aromatic N) is 2. The van der Waals surface area contributed by atoms with Crippen molar-refractivity contribution >= 4 is 23.0 Å². The lowest BCUT2D eigenvalue weighted by atomic mass is 10.1. The van der Waals surface area contributed by atoms with Crippen molar-refractivity contribution in [2.75, 3.05) is 14.2 Å². The molecule has 0 saturated carbocycles. The number of ether oxygens (including phenoxy) is 2. The number of hydrogen-bond donors (Lipinski definition) is 1. The van der Waals surface area contributed by atoms with Gasteiger partial charge in [-0.3, -0.25) is 4.79 Å². The highest BCUT2D eigenvalue weighted by molar-refractivity contribution is 5.91. The summed E-state index contributed by atoms with van der Waals surface area (Å²) in [7, 11) is 3.18. The molecule has 4 aromatic rings. The molecule has 0 fully saturated rings. The number of hydrogen-bond acceptors (Lipinski definition) is 4. The van der Waals surface area contributed by atoms with E-state index in [2.05, 4.69) is 28.1 Å². The van der Waals surface area contributed by atoms with Gasteiger partial charge in [0.05, 0.1) is 31.8 Å². The van der Waals surface area contributed by atoms with Crippen molar-refractivity contribution in [2.45, 2.75) is 19.5 Å². The minimum atomic E-state index is -0.188. The van der Waals surface area contributed by atoms with Crippen LogP contribution in [0.2, 0.25) is 0 Å². The zero-order chi connectivity index (χ0) is 23.0. The van der Waals surface area contributed by atoms with Crippen LogP contribution in [0.15, 0.2) is 78.9 Å². The third kappa shape index (κ3) is 5.41. The van der Waals surface area contributed by atoms with Gasteiger partial charge in [0.1, 0.15) is 5.82 Å². The van der Waals surface area contributed by atoms with Crippen LogP contribution in [0.4, 0.5) is 0 Å².